The number of carbonyl (C=O) groups excluding carboxylic acids is 1. The van der Waals surface area contributed by atoms with Crippen LogP contribution in [0, 0.1) is 19.7 Å². The molecule has 2 heterocycles. The van der Waals surface area contributed by atoms with Crippen LogP contribution in [0.5, 0.6) is 0 Å². The Kier molecular flexibility index (Phi) is 5.79. The average Bonchev–Trinajstić information content (AvgIpc) is 3.13. The maximum absolute atomic E-state index is 13.2. The first kappa shape index (κ1) is 22.1. The van der Waals surface area contributed by atoms with Crippen molar-refractivity contribution in [3.63, 3.8) is 0 Å². The second kappa shape index (κ2) is 8.91. The molecule has 7 heteroatoms. The van der Waals surface area contributed by atoms with Crippen LogP contribution in [0.3, 0.4) is 0 Å². The van der Waals surface area contributed by atoms with E-state index in [4.69, 9.17) is 4.42 Å². The summed E-state index contributed by atoms with van der Waals surface area (Å²) in [5.74, 6) is -0.765. The van der Waals surface area contributed by atoms with Gasteiger partial charge in [-0.1, -0.05) is 23.8 Å². The zero-order valence-corrected chi connectivity index (χ0v) is 19.3. The molecule has 0 atom stereocenters. The molecule has 0 saturated carbocycles. The van der Waals surface area contributed by atoms with Gasteiger partial charge in [-0.05, 0) is 61.9 Å². The third-order valence-electron chi connectivity index (χ3n) is 6.44. The highest BCUT2D eigenvalue weighted by molar-refractivity contribution is 6.11. The third kappa shape index (κ3) is 4.26. The number of carbonyl (C=O) groups is 1. The molecule has 174 valence electrons. The largest absolute Gasteiger partial charge is 0.421 e. The van der Waals surface area contributed by atoms with Gasteiger partial charge in [-0.2, -0.15) is 0 Å². The van der Waals surface area contributed by atoms with Crippen molar-refractivity contribution >= 4 is 22.6 Å². The molecular weight excluding hydrogens is 433 g/mol. The fraction of sp³-hybridized carbons (Fsp3) is 0.259. The van der Waals surface area contributed by atoms with E-state index in [1.807, 2.05) is 38.1 Å². The van der Waals surface area contributed by atoms with E-state index in [2.05, 4.69) is 9.80 Å². The van der Waals surface area contributed by atoms with E-state index in [0.29, 0.717) is 28.9 Å². The first-order valence-electron chi connectivity index (χ1n) is 11.4. The molecule has 5 rings (SSSR count). The molecule has 0 unspecified atom stereocenters. The summed E-state index contributed by atoms with van der Waals surface area (Å²) in [5.41, 5.74) is 5.06. The fourth-order valence-electron chi connectivity index (χ4n) is 4.53. The first-order chi connectivity index (χ1) is 16.4. The Bertz CT molecular complexity index is 1410. The SMILES string of the molecule is Cc1cccc(C(=O)c2cc3oc(=O)n(CN4CCN(c5ccc(F)cc5)CC4)c3cc2C)c1. The lowest BCUT2D eigenvalue weighted by atomic mass is 9.97. The average molecular weight is 460 g/mol. The monoisotopic (exact) mass is 459 g/mol. The number of hydrogen-bond donors (Lipinski definition) is 0. The molecule has 0 radical (unpaired) electrons. The van der Waals surface area contributed by atoms with Crippen LogP contribution in [0.15, 0.2) is 69.9 Å². The summed E-state index contributed by atoms with van der Waals surface area (Å²) in [6, 6.07) is 17.5. The lowest BCUT2D eigenvalue weighted by Gasteiger charge is -2.36. The quantitative estimate of drug-likeness (QED) is 0.415. The van der Waals surface area contributed by atoms with Crippen LogP contribution < -0.4 is 10.7 Å². The van der Waals surface area contributed by atoms with E-state index in [0.717, 1.165) is 43.0 Å². The molecule has 1 aliphatic rings. The smallest absolute Gasteiger partial charge is 0.408 e. The molecule has 34 heavy (non-hydrogen) atoms. The summed E-state index contributed by atoms with van der Waals surface area (Å²) in [4.78, 5) is 30.2. The predicted octanol–water partition coefficient (Wildman–Crippen LogP) is 4.36. The highest BCUT2D eigenvalue weighted by Crippen LogP contribution is 2.23. The van der Waals surface area contributed by atoms with Crippen LogP contribution in [-0.2, 0) is 6.67 Å². The zero-order valence-electron chi connectivity index (χ0n) is 19.3. The number of aromatic nitrogens is 1. The maximum Gasteiger partial charge on any atom is 0.421 e. The number of anilines is 1. The predicted molar refractivity (Wildman–Crippen MR) is 130 cm³/mol. The van der Waals surface area contributed by atoms with Gasteiger partial charge < -0.3 is 9.32 Å². The van der Waals surface area contributed by atoms with Crippen molar-refractivity contribution in [3.8, 4) is 0 Å². The van der Waals surface area contributed by atoms with Gasteiger partial charge in [-0.15, -0.1) is 0 Å². The number of rotatable bonds is 5. The van der Waals surface area contributed by atoms with Crippen LogP contribution in [0.1, 0.15) is 27.0 Å². The van der Waals surface area contributed by atoms with Crippen molar-refractivity contribution in [2.24, 2.45) is 0 Å². The van der Waals surface area contributed by atoms with E-state index in [1.54, 1.807) is 28.8 Å². The molecule has 0 N–H and O–H groups in total. The molecule has 0 amide bonds. The normalized spacial score (nSPS) is 14.6. The third-order valence-corrected chi connectivity index (χ3v) is 6.44. The van der Waals surface area contributed by atoms with Crippen molar-refractivity contribution in [1.29, 1.82) is 0 Å². The number of aryl methyl sites for hydroxylation is 2. The Morgan fingerprint density at radius 3 is 2.41 bits per heavy atom. The molecular formula is C27H26FN3O3. The summed E-state index contributed by atoms with van der Waals surface area (Å²) in [6.07, 6.45) is 0. The number of hydrogen-bond acceptors (Lipinski definition) is 5. The molecule has 1 fully saturated rings. The van der Waals surface area contributed by atoms with Gasteiger partial charge in [-0.3, -0.25) is 14.3 Å². The number of piperazine rings is 1. The van der Waals surface area contributed by atoms with Crippen molar-refractivity contribution in [2.45, 2.75) is 20.5 Å². The minimum Gasteiger partial charge on any atom is -0.408 e. The second-order valence-electron chi connectivity index (χ2n) is 8.85. The minimum absolute atomic E-state index is 0.0876. The lowest BCUT2D eigenvalue weighted by molar-refractivity contribution is 0.103. The maximum atomic E-state index is 13.2. The number of benzene rings is 3. The van der Waals surface area contributed by atoms with Crippen molar-refractivity contribution in [2.75, 3.05) is 31.1 Å². The van der Waals surface area contributed by atoms with E-state index in [-0.39, 0.29) is 11.6 Å². The van der Waals surface area contributed by atoms with Gasteiger partial charge in [0.05, 0.1) is 12.2 Å². The van der Waals surface area contributed by atoms with Gasteiger partial charge in [0.25, 0.3) is 0 Å². The van der Waals surface area contributed by atoms with E-state index >= 15 is 0 Å². The van der Waals surface area contributed by atoms with E-state index in [1.165, 1.54) is 12.1 Å². The number of oxazole rings is 1. The van der Waals surface area contributed by atoms with Crippen LogP contribution in [0.4, 0.5) is 10.1 Å². The standard InChI is InChI=1S/C27H26FN3O3/c1-18-4-3-5-20(14-18)26(32)23-16-25-24(15-19(23)2)31(27(33)34-25)17-29-10-12-30(13-11-29)22-8-6-21(28)7-9-22/h3-9,14-16H,10-13,17H2,1-2H3. The van der Waals surface area contributed by atoms with Crippen LogP contribution in [0.2, 0.25) is 0 Å². The molecule has 0 bridgehead atoms. The fourth-order valence-corrected chi connectivity index (χ4v) is 4.53. The number of nitrogens with zero attached hydrogens (tertiary/aromatic N) is 3. The molecule has 1 saturated heterocycles. The topological polar surface area (TPSA) is 58.7 Å². The summed E-state index contributed by atoms with van der Waals surface area (Å²) in [5, 5.41) is 0. The van der Waals surface area contributed by atoms with E-state index < -0.39 is 5.76 Å². The summed E-state index contributed by atoms with van der Waals surface area (Å²) in [7, 11) is 0. The highest BCUT2D eigenvalue weighted by Gasteiger charge is 2.21. The van der Waals surface area contributed by atoms with Crippen molar-refractivity contribution < 1.29 is 13.6 Å². The Morgan fingerprint density at radius 2 is 1.71 bits per heavy atom. The van der Waals surface area contributed by atoms with Crippen LogP contribution >= 0.6 is 0 Å². The Hall–Kier alpha value is -3.71. The number of fused-ring (bicyclic) bond motifs is 1. The zero-order chi connectivity index (χ0) is 23.8. The second-order valence-corrected chi connectivity index (χ2v) is 8.85. The molecule has 1 aromatic heterocycles. The van der Waals surface area contributed by atoms with E-state index in [9.17, 15) is 14.0 Å². The van der Waals surface area contributed by atoms with Crippen molar-refractivity contribution in [1.82, 2.24) is 9.47 Å². The molecule has 6 nitrogen and oxygen atoms in total. The highest BCUT2D eigenvalue weighted by atomic mass is 19.1. The molecule has 4 aromatic rings. The van der Waals surface area contributed by atoms with Gasteiger partial charge >= 0.3 is 5.76 Å². The van der Waals surface area contributed by atoms with Gasteiger partial charge in [0.15, 0.2) is 11.4 Å². The van der Waals surface area contributed by atoms with Crippen LogP contribution in [-0.4, -0.2) is 41.4 Å². The van der Waals surface area contributed by atoms with Gasteiger partial charge in [-0.25, -0.2) is 9.18 Å². The minimum atomic E-state index is -0.435. The Balaban J connectivity index is 1.35. The lowest BCUT2D eigenvalue weighted by Crippen LogP contribution is -2.47. The molecule has 3 aromatic carbocycles. The Morgan fingerprint density at radius 1 is 0.971 bits per heavy atom. The summed E-state index contributed by atoms with van der Waals surface area (Å²) >= 11 is 0. The van der Waals surface area contributed by atoms with Gasteiger partial charge in [0, 0.05) is 43.0 Å². The molecule has 1 aliphatic heterocycles. The van der Waals surface area contributed by atoms with Gasteiger partial charge in [0.1, 0.15) is 5.82 Å². The van der Waals surface area contributed by atoms with Crippen LogP contribution in [0.25, 0.3) is 11.1 Å². The summed E-state index contributed by atoms with van der Waals surface area (Å²) in [6.45, 7) is 7.33. The number of ketones is 1. The Labute approximate surface area is 196 Å². The summed E-state index contributed by atoms with van der Waals surface area (Å²) < 4.78 is 20.4. The molecule has 0 spiro atoms. The molecule has 0 aliphatic carbocycles. The van der Waals surface area contributed by atoms with Gasteiger partial charge in [0.2, 0.25) is 0 Å². The first-order valence-corrected chi connectivity index (χ1v) is 11.4. The van der Waals surface area contributed by atoms with Crippen molar-refractivity contribution in [3.05, 3.63) is 99.3 Å². The number of halogens is 1.